The zero-order chi connectivity index (χ0) is 18.6. The van der Waals surface area contributed by atoms with E-state index in [1.807, 2.05) is 0 Å². The number of nitrogens with zero attached hydrogens (tertiary/aromatic N) is 2. The van der Waals surface area contributed by atoms with Crippen LogP contribution in [0, 0.1) is 20.2 Å². The molecule has 1 amide bonds. The molecule has 0 bridgehead atoms. The van der Waals surface area contributed by atoms with Crippen molar-refractivity contribution in [3.05, 3.63) is 73.8 Å². The van der Waals surface area contributed by atoms with Crippen LogP contribution in [-0.2, 0) is 0 Å². The average molecular weight is 344 g/mol. The van der Waals surface area contributed by atoms with Crippen molar-refractivity contribution in [2.75, 3.05) is 11.9 Å². The molecule has 2 aromatic rings. The van der Waals surface area contributed by atoms with E-state index in [4.69, 9.17) is 5.73 Å². The van der Waals surface area contributed by atoms with Crippen LogP contribution in [0.25, 0.3) is 0 Å². The van der Waals surface area contributed by atoms with Crippen LogP contribution in [0.15, 0.2) is 42.5 Å². The predicted molar refractivity (Wildman–Crippen MR) is 87.5 cm³/mol. The van der Waals surface area contributed by atoms with Crippen LogP contribution < -0.4 is 11.1 Å². The van der Waals surface area contributed by atoms with Crippen molar-refractivity contribution in [2.24, 2.45) is 5.73 Å². The van der Waals surface area contributed by atoms with Crippen LogP contribution in [0.2, 0.25) is 0 Å². The van der Waals surface area contributed by atoms with Crippen LogP contribution in [0.5, 0.6) is 0 Å². The second-order valence-electron chi connectivity index (χ2n) is 4.88. The number of Topliss-reactive ketones (excluding diaryl/α,β-unsaturated/α-hetero) is 1. The van der Waals surface area contributed by atoms with E-state index >= 15 is 0 Å². The molecule has 0 spiro atoms. The molecule has 3 N–H and O–H groups in total. The molecule has 0 aliphatic heterocycles. The Balaban J connectivity index is 2.41. The highest BCUT2D eigenvalue weighted by Gasteiger charge is 2.21. The SMILES string of the molecule is NCC(=O)c1ccccc1NC(=O)c1cc([N+](=O)[O-])cc([N+](=O)[O-])c1. The maximum Gasteiger partial charge on any atom is 0.277 e. The largest absolute Gasteiger partial charge is 0.324 e. The lowest BCUT2D eigenvalue weighted by Gasteiger charge is -2.09. The summed E-state index contributed by atoms with van der Waals surface area (Å²) in [6.45, 7) is -0.269. The first-order valence-corrected chi connectivity index (χ1v) is 6.91. The van der Waals surface area contributed by atoms with Crippen LogP contribution in [-0.4, -0.2) is 28.1 Å². The molecule has 0 aliphatic carbocycles. The van der Waals surface area contributed by atoms with Crippen molar-refractivity contribution in [3.8, 4) is 0 Å². The normalized spacial score (nSPS) is 10.1. The topological polar surface area (TPSA) is 158 Å². The second kappa shape index (κ2) is 7.27. The fraction of sp³-hybridized carbons (Fsp3) is 0.0667. The van der Waals surface area contributed by atoms with Gasteiger partial charge in [0.05, 0.1) is 33.7 Å². The fourth-order valence-corrected chi connectivity index (χ4v) is 2.08. The zero-order valence-electron chi connectivity index (χ0n) is 12.7. The third-order valence-corrected chi connectivity index (χ3v) is 3.25. The number of nitrogens with one attached hydrogen (secondary N) is 1. The van der Waals surface area contributed by atoms with E-state index in [0.29, 0.717) is 0 Å². The highest BCUT2D eigenvalue weighted by atomic mass is 16.6. The van der Waals surface area contributed by atoms with Crippen LogP contribution >= 0.6 is 0 Å². The Morgan fingerprint density at radius 2 is 1.56 bits per heavy atom. The molecule has 10 heteroatoms. The van der Waals surface area contributed by atoms with E-state index in [1.165, 1.54) is 12.1 Å². The summed E-state index contributed by atoms with van der Waals surface area (Å²) in [5, 5.41) is 24.2. The molecule has 0 atom stereocenters. The summed E-state index contributed by atoms with van der Waals surface area (Å²) in [6.07, 6.45) is 0. The lowest BCUT2D eigenvalue weighted by atomic mass is 10.1. The first-order valence-electron chi connectivity index (χ1n) is 6.91. The molecule has 0 aliphatic rings. The van der Waals surface area contributed by atoms with Gasteiger partial charge in [0.1, 0.15) is 0 Å². The molecule has 0 radical (unpaired) electrons. The first-order chi connectivity index (χ1) is 11.8. The van der Waals surface area contributed by atoms with E-state index in [9.17, 15) is 29.8 Å². The summed E-state index contributed by atoms with van der Waals surface area (Å²) in [5.41, 5.74) is 4.16. The molecule has 0 unspecified atom stereocenters. The summed E-state index contributed by atoms with van der Waals surface area (Å²) in [4.78, 5) is 44.2. The number of nitro groups is 2. The smallest absolute Gasteiger partial charge is 0.277 e. The van der Waals surface area contributed by atoms with E-state index in [1.54, 1.807) is 12.1 Å². The summed E-state index contributed by atoms with van der Waals surface area (Å²) in [5.74, 6) is -1.25. The van der Waals surface area contributed by atoms with Gasteiger partial charge in [-0.15, -0.1) is 0 Å². The Morgan fingerprint density at radius 1 is 1.00 bits per heavy atom. The third kappa shape index (κ3) is 4.00. The highest BCUT2D eigenvalue weighted by Crippen LogP contribution is 2.24. The Labute approximate surface area is 140 Å². The van der Waals surface area contributed by atoms with Crippen molar-refractivity contribution >= 4 is 28.8 Å². The number of hydrogen-bond acceptors (Lipinski definition) is 7. The first kappa shape index (κ1) is 17.7. The quantitative estimate of drug-likeness (QED) is 0.460. The predicted octanol–water partition coefficient (Wildman–Crippen LogP) is 1.90. The lowest BCUT2D eigenvalue weighted by molar-refractivity contribution is -0.394. The number of amides is 1. The number of carbonyl (C=O) groups excluding carboxylic acids is 2. The minimum absolute atomic E-state index is 0.150. The summed E-state index contributed by atoms with van der Waals surface area (Å²) in [7, 11) is 0. The third-order valence-electron chi connectivity index (χ3n) is 3.25. The Morgan fingerprint density at radius 3 is 2.08 bits per heavy atom. The number of rotatable bonds is 6. The number of ketones is 1. The van der Waals surface area contributed by atoms with E-state index in [-0.39, 0.29) is 23.4 Å². The maximum absolute atomic E-state index is 12.3. The molecule has 0 fully saturated rings. The van der Waals surface area contributed by atoms with Crippen molar-refractivity contribution in [1.29, 1.82) is 0 Å². The second-order valence-corrected chi connectivity index (χ2v) is 4.88. The van der Waals surface area contributed by atoms with E-state index in [0.717, 1.165) is 18.2 Å². The van der Waals surface area contributed by atoms with Gasteiger partial charge in [-0.1, -0.05) is 12.1 Å². The number of nitro benzene ring substituents is 2. The van der Waals surface area contributed by atoms with Gasteiger partial charge in [-0.05, 0) is 12.1 Å². The van der Waals surface area contributed by atoms with Crippen LogP contribution in [0.3, 0.4) is 0 Å². The highest BCUT2D eigenvalue weighted by molar-refractivity contribution is 6.10. The minimum atomic E-state index is -0.838. The molecule has 10 nitrogen and oxygen atoms in total. The van der Waals surface area contributed by atoms with Gasteiger partial charge in [0.2, 0.25) is 0 Å². The van der Waals surface area contributed by atoms with Gasteiger partial charge in [0, 0.05) is 17.7 Å². The molecule has 128 valence electrons. The van der Waals surface area contributed by atoms with E-state index in [2.05, 4.69) is 5.32 Å². The Hall–Kier alpha value is -3.66. The van der Waals surface area contributed by atoms with Gasteiger partial charge in [-0.25, -0.2) is 0 Å². The molecule has 0 heterocycles. The average Bonchev–Trinajstić information content (AvgIpc) is 2.60. The van der Waals surface area contributed by atoms with Crippen molar-refractivity contribution < 1.29 is 19.4 Å². The van der Waals surface area contributed by atoms with Gasteiger partial charge in [0.25, 0.3) is 17.3 Å². The van der Waals surface area contributed by atoms with Gasteiger partial charge < -0.3 is 11.1 Å². The molecule has 0 aromatic heterocycles. The van der Waals surface area contributed by atoms with Crippen LogP contribution in [0.1, 0.15) is 20.7 Å². The summed E-state index contributed by atoms with van der Waals surface area (Å²) in [6, 6.07) is 8.64. The number of carbonyl (C=O) groups is 2. The van der Waals surface area contributed by atoms with Crippen LogP contribution in [0.4, 0.5) is 17.1 Å². The molecular weight excluding hydrogens is 332 g/mol. The zero-order valence-corrected chi connectivity index (χ0v) is 12.7. The molecule has 0 saturated heterocycles. The summed E-state index contributed by atoms with van der Waals surface area (Å²) >= 11 is 0. The Kier molecular flexibility index (Phi) is 5.15. The standard InChI is InChI=1S/C15H12N4O6/c16-8-14(20)12-3-1-2-4-13(12)17-15(21)9-5-10(18(22)23)7-11(6-9)19(24)25/h1-7H,8,16H2,(H,17,21). The summed E-state index contributed by atoms with van der Waals surface area (Å²) < 4.78 is 0. The van der Waals surface area contributed by atoms with E-state index < -0.39 is 32.9 Å². The van der Waals surface area contributed by atoms with Crippen molar-refractivity contribution in [2.45, 2.75) is 0 Å². The van der Waals surface area contributed by atoms with Crippen molar-refractivity contribution in [3.63, 3.8) is 0 Å². The number of para-hydroxylation sites is 1. The molecule has 0 saturated carbocycles. The van der Waals surface area contributed by atoms with Gasteiger partial charge in [0.15, 0.2) is 5.78 Å². The number of nitrogens with two attached hydrogens (primary N) is 1. The number of hydrogen-bond donors (Lipinski definition) is 2. The molecular formula is C15H12N4O6. The lowest BCUT2D eigenvalue weighted by Crippen LogP contribution is -2.19. The molecule has 2 aromatic carbocycles. The maximum atomic E-state index is 12.3. The molecule has 25 heavy (non-hydrogen) atoms. The van der Waals surface area contributed by atoms with Gasteiger partial charge in [-0.3, -0.25) is 29.8 Å². The minimum Gasteiger partial charge on any atom is -0.324 e. The number of non-ortho nitro benzene ring substituents is 2. The fourth-order valence-electron chi connectivity index (χ4n) is 2.08. The monoisotopic (exact) mass is 344 g/mol. The van der Waals surface area contributed by atoms with Gasteiger partial charge in [-0.2, -0.15) is 0 Å². The Bertz CT molecular complexity index is 848. The number of benzene rings is 2. The van der Waals surface area contributed by atoms with Crippen molar-refractivity contribution in [1.82, 2.24) is 0 Å². The van der Waals surface area contributed by atoms with Gasteiger partial charge >= 0.3 is 0 Å². The molecule has 2 rings (SSSR count). The number of anilines is 1.